The van der Waals surface area contributed by atoms with E-state index in [2.05, 4.69) is 15.0 Å². The van der Waals surface area contributed by atoms with E-state index in [-0.39, 0.29) is 5.69 Å². The van der Waals surface area contributed by atoms with Crippen LogP contribution in [0.4, 0.5) is 11.4 Å². The van der Waals surface area contributed by atoms with Crippen molar-refractivity contribution in [3.05, 3.63) is 40.0 Å². The van der Waals surface area contributed by atoms with E-state index in [4.69, 9.17) is 4.74 Å². The van der Waals surface area contributed by atoms with Gasteiger partial charge in [0.2, 0.25) is 0 Å². The van der Waals surface area contributed by atoms with Gasteiger partial charge in [-0.15, -0.1) is 0 Å². The Kier molecular flexibility index (Phi) is 6.71. The van der Waals surface area contributed by atoms with E-state index in [1.165, 1.54) is 25.3 Å². The molecule has 1 aromatic rings. The lowest BCUT2D eigenvalue weighted by atomic mass is 10.1. The summed E-state index contributed by atoms with van der Waals surface area (Å²) in [5, 5.41) is 14.4. The van der Waals surface area contributed by atoms with Crippen LogP contribution in [-0.2, 0) is 14.3 Å². The number of benzene rings is 1. The molecule has 0 aliphatic carbocycles. The van der Waals surface area contributed by atoms with Crippen molar-refractivity contribution in [3.8, 4) is 0 Å². The molecule has 0 bridgehead atoms. The van der Waals surface area contributed by atoms with Gasteiger partial charge in [-0.25, -0.2) is 4.79 Å². The number of carbonyl (C=O) groups is 1. The topological polar surface area (TPSA) is 93.9 Å². The highest BCUT2D eigenvalue weighted by molar-refractivity contribution is 5.87. The molecule has 0 atom stereocenters. The third-order valence-corrected chi connectivity index (χ3v) is 3.68. The van der Waals surface area contributed by atoms with E-state index in [0.717, 1.165) is 32.8 Å². The maximum atomic E-state index is 11.3. The minimum absolute atomic E-state index is 0.0241. The van der Waals surface area contributed by atoms with Crippen molar-refractivity contribution in [2.45, 2.75) is 0 Å². The van der Waals surface area contributed by atoms with Crippen molar-refractivity contribution in [1.29, 1.82) is 0 Å². The van der Waals surface area contributed by atoms with Crippen LogP contribution in [0.1, 0.15) is 5.56 Å². The molecule has 8 nitrogen and oxygen atoms in total. The molecule has 0 aromatic heterocycles. The van der Waals surface area contributed by atoms with Gasteiger partial charge >= 0.3 is 5.97 Å². The van der Waals surface area contributed by atoms with Crippen molar-refractivity contribution < 1.29 is 19.2 Å². The molecule has 1 aliphatic heterocycles. The van der Waals surface area contributed by atoms with Gasteiger partial charge in [0.05, 0.1) is 25.2 Å². The largest absolute Gasteiger partial charge is 0.466 e. The molecule has 0 radical (unpaired) electrons. The molecule has 2 rings (SSSR count). The number of methoxy groups -OCH3 is 1. The molecule has 0 spiro atoms. The van der Waals surface area contributed by atoms with Gasteiger partial charge in [0, 0.05) is 38.3 Å². The van der Waals surface area contributed by atoms with Gasteiger partial charge < -0.3 is 14.8 Å². The van der Waals surface area contributed by atoms with Gasteiger partial charge in [0.1, 0.15) is 5.69 Å². The van der Waals surface area contributed by atoms with Crippen LogP contribution in [0.5, 0.6) is 0 Å². The first kappa shape index (κ1) is 17.9. The first-order chi connectivity index (χ1) is 11.6. The lowest BCUT2D eigenvalue weighted by Crippen LogP contribution is -2.39. The number of anilines is 1. The SMILES string of the molecule is COC(=O)/C=C/c1ccc(NCCN2CCOCC2)c([N+](=O)[O-])c1. The third-order valence-electron chi connectivity index (χ3n) is 3.68. The summed E-state index contributed by atoms with van der Waals surface area (Å²) in [7, 11) is 1.27. The second-order valence-electron chi connectivity index (χ2n) is 5.27. The summed E-state index contributed by atoms with van der Waals surface area (Å²) < 4.78 is 9.78. The summed E-state index contributed by atoms with van der Waals surface area (Å²) in [5.41, 5.74) is 0.998. The van der Waals surface area contributed by atoms with E-state index in [1.54, 1.807) is 12.1 Å². The van der Waals surface area contributed by atoms with Crippen LogP contribution in [0, 0.1) is 10.1 Å². The molecule has 0 amide bonds. The van der Waals surface area contributed by atoms with E-state index in [1.807, 2.05) is 0 Å². The fourth-order valence-corrected chi connectivity index (χ4v) is 2.36. The average molecular weight is 335 g/mol. The van der Waals surface area contributed by atoms with Crippen LogP contribution >= 0.6 is 0 Å². The quantitative estimate of drug-likeness (QED) is 0.349. The number of rotatable bonds is 7. The average Bonchev–Trinajstić information content (AvgIpc) is 2.61. The number of nitro benzene ring substituents is 1. The Labute approximate surface area is 140 Å². The summed E-state index contributed by atoms with van der Waals surface area (Å²) in [6, 6.07) is 4.79. The molecule has 1 fully saturated rings. The van der Waals surface area contributed by atoms with E-state index in [0.29, 0.717) is 17.8 Å². The second-order valence-corrected chi connectivity index (χ2v) is 5.27. The molecule has 130 valence electrons. The Balaban J connectivity index is 1.99. The lowest BCUT2D eigenvalue weighted by molar-refractivity contribution is -0.384. The van der Waals surface area contributed by atoms with Crippen molar-refractivity contribution in [3.63, 3.8) is 0 Å². The number of ether oxygens (including phenoxy) is 2. The molecule has 0 unspecified atom stereocenters. The third kappa shape index (κ3) is 5.32. The van der Waals surface area contributed by atoms with Crippen LogP contribution in [0.15, 0.2) is 24.3 Å². The molecule has 24 heavy (non-hydrogen) atoms. The van der Waals surface area contributed by atoms with Gasteiger partial charge in [-0.3, -0.25) is 15.0 Å². The highest BCUT2D eigenvalue weighted by atomic mass is 16.6. The van der Waals surface area contributed by atoms with E-state index < -0.39 is 10.9 Å². The molecular formula is C16H21N3O5. The maximum absolute atomic E-state index is 11.3. The zero-order valence-corrected chi connectivity index (χ0v) is 13.6. The van der Waals surface area contributed by atoms with Crippen LogP contribution in [-0.4, -0.2) is 62.3 Å². The van der Waals surface area contributed by atoms with Crippen LogP contribution in [0.25, 0.3) is 6.08 Å². The normalized spacial score (nSPS) is 15.4. The number of hydrogen-bond acceptors (Lipinski definition) is 7. The molecule has 8 heteroatoms. The van der Waals surface area contributed by atoms with Gasteiger partial charge in [-0.1, -0.05) is 6.07 Å². The number of nitro groups is 1. The molecule has 1 heterocycles. The van der Waals surface area contributed by atoms with Crippen LogP contribution < -0.4 is 5.32 Å². The zero-order valence-electron chi connectivity index (χ0n) is 13.6. The molecule has 1 aliphatic rings. The first-order valence-corrected chi connectivity index (χ1v) is 7.68. The van der Waals surface area contributed by atoms with Gasteiger partial charge in [0.25, 0.3) is 5.69 Å². The molecular weight excluding hydrogens is 314 g/mol. The summed E-state index contributed by atoms with van der Waals surface area (Å²) in [5.74, 6) is -0.509. The fraction of sp³-hybridized carbons (Fsp3) is 0.438. The predicted octanol–water partition coefficient (Wildman–Crippen LogP) is 1.53. The predicted molar refractivity (Wildman–Crippen MR) is 89.9 cm³/mol. The minimum atomic E-state index is -0.509. The number of hydrogen-bond donors (Lipinski definition) is 1. The van der Waals surface area contributed by atoms with Crippen molar-refractivity contribution in [2.75, 3.05) is 51.8 Å². The summed E-state index contributed by atoms with van der Waals surface area (Å²) in [4.78, 5) is 24.2. The lowest BCUT2D eigenvalue weighted by Gasteiger charge is -2.26. The Morgan fingerprint density at radius 3 is 2.88 bits per heavy atom. The zero-order chi connectivity index (χ0) is 17.4. The van der Waals surface area contributed by atoms with Crippen LogP contribution in [0.3, 0.4) is 0 Å². The monoisotopic (exact) mass is 335 g/mol. The first-order valence-electron chi connectivity index (χ1n) is 7.68. The number of esters is 1. The Morgan fingerprint density at radius 1 is 1.46 bits per heavy atom. The Morgan fingerprint density at radius 2 is 2.21 bits per heavy atom. The highest BCUT2D eigenvalue weighted by Gasteiger charge is 2.15. The van der Waals surface area contributed by atoms with E-state index in [9.17, 15) is 14.9 Å². The second kappa shape index (κ2) is 8.99. The standard InChI is InChI=1S/C16H21N3O5/c1-23-16(20)5-3-13-2-4-14(15(12-13)19(21)22)17-6-7-18-8-10-24-11-9-18/h2-5,12,17H,6-11H2,1H3/b5-3+. The minimum Gasteiger partial charge on any atom is -0.466 e. The van der Waals surface area contributed by atoms with Gasteiger partial charge in [-0.2, -0.15) is 0 Å². The van der Waals surface area contributed by atoms with Gasteiger partial charge in [-0.05, 0) is 17.7 Å². The number of nitrogens with one attached hydrogen (secondary N) is 1. The van der Waals surface area contributed by atoms with E-state index >= 15 is 0 Å². The molecule has 0 saturated carbocycles. The van der Waals surface area contributed by atoms with Crippen LogP contribution in [0.2, 0.25) is 0 Å². The van der Waals surface area contributed by atoms with Gasteiger partial charge in [0.15, 0.2) is 0 Å². The summed E-state index contributed by atoms with van der Waals surface area (Å²) >= 11 is 0. The smallest absolute Gasteiger partial charge is 0.330 e. The summed E-state index contributed by atoms with van der Waals surface area (Å²) in [6.07, 6.45) is 2.71. The number of nitrogens with zero attached hydrogens (tertiary/aromatic N) is 2. The van der Waals surface area contributed by atoms with Crippen molar-refractivity contribution >= 4 is 23.4 Å². The maximum Gasteiger partial charge on any atom is 0.330 e. The number of carbonyl (C=O) groups excluding carboxylic acids is 1. The highest BCUT2D eigenvalue weighted by Crippen LogP contribution is 2.26. The molecule has 1 saturated heterocycles. The fourth-order valence-electron chi connectivity index (χ4n) is 2.36. The number of morpholine rings is 1. The van der Waals surface area contributed by atoms with Crippen molar-refractivity contribution in [1.82, 2.24) is 4.90 Å². The molecule has 1 aromatic carbocycles. The van der Waals surface area contributed by atoms with Crippen molar-refractivity contribution in [2.24, 2.45) is 0 Å². The molecule has 1 N–H and O–H groups in total. The Hall–Kier alpha value is -2.45. The summed E-state index contributed by atoms with van der Waals surface area (Å²) in [6.45, 7) is 4.60. The Bertz CT molecular complexity index is 612.